The smallest absolute Gasteiger partial charge is 0.271 e. The zero-order valence-corrected chi connectivity index (χ0v) is 12.0. The number of nitrogens with one attached hydrogen (secondary N) is 1. The Hall–Kier alpha value is -3.02. The highest BCUT2D eigenvalue weighted by atomic mass is 19.1. The number of rotatable bonds is 4. The molecule has 1 N–H and O–H groups in total. The fourth-order valence-electron chi connectivity index (χ4n) is 2.07. The van der Waals surface area contributed by atoms with Crippen LogP contribution in [0.5, 0.6) is 0 Å². The normalized spacial score (nSPS) is 10.5. The van der Waals surface area contributed by atoms with Crippen molar-refractivity contribution in [3.8, 4) is 5.69 Å². The van der Waals surface area contributed by atoms with Gasteiger partial charge in [0.2, 0.25) is 0 Å². The van der Waals surface area contributed by atoms with E-state index in [0.29, 0.717) is 5.69 Å². The fourth-order valence-corrected chi connectivity index (χ4v) is 2.07. The molecule has 116 valence electrons. The monoisotopic (exact) mass is 313 g/mol. The van der Waals surface area contributed by atoms with E-state index in [9.17, 15) is 13.6 Å². The second-order valence-electron chi connectivity index (χ2n) is 4.95. The molecule has 0 bridgehead atoms. The molecule has 1 heterocycles. The quantitative estimate of drug-likeness (QED) is 0.804. The molecule has 3 rings (SSSR count). The third-order valence-corrected chi connectivity index (χ3v) is 3.31. The van der Waals surface area contributed by atoms with Crippen molar-refractivity contribution in [2.45, 2.75) is 6.54 Å². The van der Waals surface area contributed by atoms with Gasteiger partial charge in [-0.25, -0.2) is 13.8 Å². The van der Waals surface area contributed by atoms with Gasteiger partial charge in [0.1, 0.15) is 23.7 Å². The standard InChI is InChI=1S/C17H13F2N3O/c18-13-3-1-12(2-4-13)9-20-17(23)16-10-22(11-21-16)15-7-5-14(19)6-8-15/h1-8,10-11H,9H2,(H,20,23). The van der Waals surface area contributed by atoms with Crippen LogP contribution in [0, 0.1) is 11.6 Å². The number of benzene rings is 2. The number of carbonyl (C=O) groups is 1. The van der Waals surface area contributed by atoms with Crippen molar-refractivity contribution < 1.29 is 13.6 Å². The molecule has 23 heavy (non-hydrogen) atoms. The van der Waals surface area contributed by atoms with E-state index in [2.05, 4.69) is 10.3 Å². The molecule has 1 amide bonds. The Bertz CT molecular complexity index is 811. The number of aromatic nitrogens is 2. The summed E-state index contributed by atoms with van der Waals surface area (Å²) >= 11 is 0. The van der Waals surface area contributed by atoms with Gasteiger partial charge in [-0.2, -0.15) is 0 Å². The lowest BCUT2D eigenvalue weighted by molar-refractivity contribution is 0.0946. The number of halogens is 2. The van der Waals surface area contributed by atoms with E-state index in [1.807, 2.05) is 0 Å². The molecule has 6 heteroatoms. The zero-order chi connectivity index (χ0) is 16.2. The molecule has 0 radical (unpaired) electrons. The van der Waals surface area contributed by atoms with Gasteiger partial charge in [0.25, 0.3) is 5.91 Å². The molecule has 0 atom stereocenters. The van der Waals surface area contributed by atoms with Crippen LogP contribution in [0.3, 0.4) is 0 Å². The SMILES string of the molecule is O=C(NCc1ccc(F)cc1)c1cn(-c2ccc(F)cc2)cn1. The molecular weight excluding hydrogens is 300 g/mol. The van der Waals surface area contributed by atoms with Crippen molar-refractivity contribution in [3.63, 3.8) is 0 Å². The Morgan fingerprint density at radius 1 is 1.00 bits per heavy atom. The maximum Gasteiger partial charge on any atom is 0.271 e. The highest BCUT2D eigenvalue weighted by Crippen LogP contribution is 2.10. The van der Waals surface area contributed by atoms with Crippen LogP contribution in [0.4, 0.5) is 8.78 Å². The Labute approximate surface area is 131 Å². The van der Waals surface area contributed by atoms with E-state index in [1.54, 1.807) is 35.0 Å². The number of imidazole rings is 1. The molecule has 0 saturated heterocycles. The van der Waals surface area contributed by atoms with Crippen LogP contribution in [0.2, 0.25) is 0 Å². The Morgan fingerprint density at radius 2 is 1.61 bits per heavy atom. The van der Waals surface area contributed by atoms with Crippen molar-refractivity contribution >= 4 is 5.91 Å². The lowest BCUT2D eigenvalue weighted by atomic mass is 10.2. The highest BCUT2D eigenvalue weighted by Gasteiger charge is 2.10. The summed E-state index contributed by atoms with van der Waals surface area (Å²) in [6, 6.07) is 11.7. The first-order valence-corrected chi connectivity index (χ1v) is 6.94. The third kappa shape index (κ3) is 3.60. The van der Waals surface area contributed by atoms with E-state index in [-0.39, 0.29) is 29.8 Å². The molecule has 3 aromatic rings. The first-order valence-electron chi connectivity index (χ1n) is 6.94. The molecule has 0 aliphatic carbocycles. The average Bonchev–Trinajstić information content (AvgIpc) is 3.05. The topological polar surface area (TPSA) is 46.9 Å². The Morgan fingerprint density at radius 3 is 2.26 bits per heavy atom. The molecule has 2 aromatic carbocycles. The van der Waals surface area contributed by atoms with Gasteiger partial charge < -0.3 is 9.88 Å². The molecule has 1 aromatic heterocycles. The maximum absolute atomic E-state index is 12.9. The number of hydrogen-bond donors (Lipinski definition) is 1. The van der Waals surface area contributed by atoms with Crippen LogP contribution in [-0.2, 0) is 6.54 Å². The van der Waals surface area contributed by atoms with Crippen LogP contribution in [-0.4, -0.2) is 15.5 Å². The van der Waals surface area contributed by atoms with Gasteiger partial charge in [0, 0.05) is 18.4 Å². The predicted octanol–water partition coefficient (Wildman–Crippen LogP) is 3.08. The fraction of sp³-hybridized carbons (Fsp3) is 0.0588. The number of amides is 1. The van der Waals surface area contributed by atoms with Crippen molar-refractivity contribution in [3.05, 3.63) is 83.9 Å². The highest BCUT2D eigenvalue weighted by molar-refractivity contribution is 5.92. The molecule has 4 nitrogen and oxygen atoms in total. The van der Waals surface area contributed by atoms with E-state index in [4.69, 9.17) is 0 Å². The summed E-state index contributed by atoms with van der Waals surface area (Å²) < 4.78 is 27.4. The van der Waals surface area contributed by atoms with E-state index >= 15 is 0 Å². The van der Waals surface area contributed by atoms with Gasteiger partial charge in [-0.05, 0) is 42.0 Å². The van der Waals surface area contributed by atoms with Gasteiger partial charge in [0.15, 0.2) is 0 Å². The van der Waals surface area contributed by atoms with Crippen molar-refractivity contribution in [2.75, 3.05) is 0 Å². The first kappa shape index (κ1) is 14.9. The Balaban J connectivity index is 1.66. The summed E-state index contributed by atoms with van der Waals surface area (Å²) in [7, 11) is 0. The molecular formula is C17H13F2N3O. The number of nitrogens with zero attached hydrogens (tertiary/aromatic N) is 2. The van der Waals surface area contributed by atoms with Crippen molar-refractivity contribution in [2.24, 2.45) is 0 Å². The van der Waals surface area contributed by atoms with E-state index in [0.717, 1.165) is 5.56 Å². The largest absolute Gasteiger partial charge is 0.347 e. The minimum atomic E-state index is -0.338. The molecule has 0 spiro atoms. The third-order valence-electron chi connectivity index (χ3n) is 3.31. The maximum atomic E-state index is 12.9. The minimum Gasteiger partial charge on any atom is -0.347 e. The summed E-state index contributed by atoms with van der Waals surface area (Å²) in [4.78, 5) is 16.1. The molecule has 0 aliphatic heterocycles. The van der Waals surface area contributed by atoms with Gasteiger partial charge in [-0.15, -0.1) is 0 Å². The van der Waals surface area contributed by atoms with Crippen LogP contribution in [0.1, 0.15) is 16.1 Å². The van der Waals surface area contributed by atoms with Gasteiger partial charge >= 0.3 is 0 Å². The molecule has 0 aliphatic rings. The molecule has 0 fully saturated rings. The van der Waals surface area contributed by atoms with Crippen molar-refractivity contribution in [1.29, 1.82) is 0 Å². The Kier molecular flexibility index (Phi) is 4.14. The number of carbonyl (C=O) groups excluding carboxylic acids is 1. The van der Waals surface area contributed by atoms with E-state index in [1.165, 1.54) is 30.6 Å². The van der Waals surface area contributed by atoms with Crippen LogP contribution in [0.15, 0.2) is 61.1 Å². The minimum absolute atomic E-state index is 0.247. The zero-order valence-electron chi connectivity index (χ0n) is 12.0. The van der Waals surface area contributed by atoms with Gasteiger partial charge in [0.05, 0.1) is 0 Å². The second kappa shape index (κ2) is 6.39. The van der Waals surface area contributed by atoms with E-state index < -0.39 is 0 Å². The van der Waals surface area contributed by atoms with Crippen LogP contribution in [0.25, 0.3) is 5.69 Å². The molecule has 0 saturated carbocycles. The van der Waals surface area contributed by atoms with Crippen LogP contribution < -0.4 is 5.32 Å². The summed E-state index contributed by atoms with van der Waals surface area (Å²) in [5, 5.41) is 2.71. The number of hydrogen-bond acceptors (Lipinski definition) is 2. The summed E-state index contributed by atoms with van der Waals surface area (Å²) in [6.07, 6.45) is 3.05. The lowest BCUT2D eigenvalue weighted by Gasteiger charge is -2.03. The van der Waals surface area contributed by atoms with Crippen molar-refractivity contribution in [1.82, 2.24) is 14.9 Å². The predicted molar refractivity (Wildman–Crippen MR) is 81.1 cm³/mol. The lowest BCUT2D eigenvalue weighted by Crippen LogP contribution is -2.23. The average molecular weight is 313 g/mol. The first-order chi connectivity index (χ1) is 11.1. The van der Waals surface area contributed by atoms with Gasteiger partial charge in [-0.1, -0.05) is 12.1 Å². The molecule has 0 unspecified atom stereocenters. The summed E-state index contributed by atoms with van der Waals surface area (Å²) in [6.45, 7) is 0.280. The summed E-state index contributed by atoms with van der Waals surface area (Å²) in [5.41, 5.74) is 1.74. The second-order valence-corrected chi connectivity index (χ2v) is 4.95. The van der Waals surface area contributed by atoms with Gasteiger partial charge in [-0.3, -0.25) is 4.79 Å². The van der Waals surface area contributed by atoms with Crippen LogP contribution >= 0.6 is 0 Å². The summed E-state index contributed by atoms with van der Waals surface area (Å²) in [5.74, 6) is -0.987.